The fourth-order valence-corrected chi connectivity index (χ4v) is 2.92. The van der Waals surface area contributed by atoms with Gasteiger partial charge in [0.25, 0.3) is 5.91 Å². The van der Waals surface area contributed by atoms with Crippen LogP contribution < -0.4 is 19.5 Å². The van der Waals surface area contributed by atoms with Crippen LogP contribution in [0.3, 0.4) is 0 Å². The fourth-order valence-electron chi connectivity index (χ4n) is 2.92. The molecule has 0 heterocycles. The van der Waals surface area contributed by atoms with Crippen LogP contribution in [0.4, 0.5) is 0 Å². The largest absolute Gasteiger partial charge is 0.497 e. The van der Waals surface area contributed by atoms with Gasteiger partial charge in [-0.05, 0) is 50.6 Å². The van der Waals surface area contributed by atoms with Gasteiger partial charge in [0, 0.05) is 12.6 Å². The third-order valence-corrected chi connectivity index (χ3v) is 4.51. The standard InChI is InChI=1S/C23H30N2O5/c1-16(2)24-23(27)17(3)25(14-18-9-8-10-19(13-18)28-4)22(26)15-30-21-12-7-6-11-20(21)29-5/h6-13,16-17H,14-15H2,1-5H3,(H,24,27). The second-order valence-corrected chi connectivity index (χ2v) is 7.15. The number of hydrogen-bond donors (Lipinski definition) is 1. The zero-order chi connectivity index (χ0) is 22.1. The van der Waals surface area contributed by atoms with Crippen molar-refractivity contribution in [1.29, 1.82) is 0 Å². The second kappa shape index (κ2) is 11.1. The number of rotatable bonds is 10. The minimum absolute atomic E-state index is 0.0291. The van der Waals surface area contributed by atoms with Crippen molar-refractivity contribution >= 4 is 11.8 Å². The summed E-state index contributed by atoms with van der Waals surface area (Å²) >= 11 is 0. The van der Waals surface area contributed by atoms with Crippen molar-refractivity contribution in [1.82, 2.24) is 10.2 Å². The highest BCUT2D eigenvalue weighted by Crippen LogP contribution is 2.26. The van der Waals surface area contributed by atoms with Crippen LogP contribution in [-0.4, -0.2) is 49.6 Å². The summed E-state index contributed by atoms with van der Waals surface area (Å²) in [4.78, 5) is 27.2. The first kappa shape index (κ1) is 23.1. The minimum Gasteiger partial charge on any atom is -0.497 e. The number of methoxy groups -OCH3 is 2. The molecule has 0 bridgehead atoms. The van der Waals surface area contributed by atoms with E-state index in [1.807, 2.05) is 44.2 Å². The van der Waals surface area contributed by atoms with E-state index in [1.54, 1.807) is 32.2 Å². The summed E-state index contributed by atoms with van der Waals surface area (Å²) < 4.78 is 16.2. The van der Waals surface area contributed by atoms with Crippen molar-refractivity contribution in [2.45, 2.75) is 39.4 Å². The number of ether oxygens (including phenoxy) is 3. The molecule has 1 N–H and O–H groups in total. The van der Waals surface area contributed by atoms with Crippen molar-refractivity contribution in [3.05, 3.63) is 54.1 Å². The number of para-hydroxylation sites is 2. The van der Waals surface area contributed by atoms with E-state index in [4.69, 9.17) is 14.2 Å². The number of carbonyl (C=O) groups excluding carboxylic acids is 2. The maximum atomic E-state index is 13.1. The monoisotopic (exact) mass is 414 g/mol. The molecule has 0 saturated heterocycles. The van der Waals surface area contributed by atoms with Gasteiger partial charge in [0.15, 0.2) is 18.1 Å². The van der Waals surface area contributed by atoms with E-state index in [0.29, 0.717) is 17.2 Å². The molecule has 2 aromatic carbocycles. The Morgan fingerprint density at radius 3 is 2.30 bits per heavy atom. The lowest BCUT2D eigenvalue weighted by Crippen LogP contribution is -2.50. The Balaban J connectivity index is 2.20. The lowest BCUT2D eigenvalue weighted by molar-refractivity contribution is -0.142. The minimum atomic E-state index is -0.674. The first-order valence-corrected chi connectivity index (χ1v) is 9.84. The van der Waals surface area contributed by atoms with Gasteiger partial charge in [0.1, 0.15) is 11.8 Å². The third kappa shape index (κ3) is 6.40. The van der Waals surface area contributed by atoms with E-state index < -0.39 is 6.04 Å². The molecular weight excluding hydrogens is 384 g/mol. The first-order chi connectivity index (χ1) is 14.3. The molecule has 7 heteroatoms. The quantitative estimate of drug-likeness (QED) is 0.647. The molecule has 0 aromatic heterocycles. The van der Waals surface area contributed by atoms with Gasteiger partial charge in [-0.25, -0.2) is 0 Å². The summed E-state index contributed by atoms with van der Waals surface area (Å²) in [6.07, 6.45) is 0. The highest BCUT2D eigenvalue weighted by atomic mass is 16.5. The van der Waals surface area contributed by atoms with Crippen molar-refractivity contribution in [3.8, 4) is 17.2 Å². The molecule has 2 rings (SSSR count). The van der Waals surface area contributed by atoms with Gasteiger partial charge in [-0.2, -0.15) is 0 Å². The molecule has 7 nitrogen and oxygen atoms in total. The average molecular weight is 415 g/mol. The molecule has 1 unspecified atom stereocenters. The number of carbonyl (C=O) groups is 2. The summed E-state index contributed by atoms with van der Waals surface area (Å²) in [6.45, 7) is 5.49. The molecular formula is C23H30N2O5. The lowest BCUT2D eigenvalue weighted by Gasteiger charge is -2.29. The molecule has 0 aliphatic carbocycles. The molecule has 2 aromatic rings. The Morgan fingerprint density at radius 2 is 1.67 bits per heavy atom. The molecule has 1 atom stereocenters. The van der Waals surface area contributed by atoms with Crippen molar-refractivity contribution < 1.29 is 23.8 Å². The van der Waals surface area contributed by atoms with Gasteiger partial charge in [-0.1, -0.05) is 24.3 Å². The van der Waals surface area contributed by atoms with Crippen LogP contribution in [0, 0.1) is 0 Å². The number of nitrogens with zero attached hydrogens (tertiary/aromatic N) is 1. The molecule has 0 fully saturated rings. The summed E-state index contributed by atoms with van der Waals surface area (Å²) in [5.41, 5.74) is 0.851. The predicted molar refractivity (Wildman–Crippen MR) is 115 cm³/mol. The Morgan fingerprint density at radius 1 is 0.967 bits per heavy atom. The molecule has 2 amide bonds. The van der Waals surface area contributed by atoms with Gasteiger partial charge in [-0.3, -0.25) is 9.59 Å². The zero-order valence-electron chi connectivity index (χ0n) is 18.2. The fraction of sp³-hybridized carbons (Fsp3) is 0.391. The van der Waals surface area contributed by atoms with Gasteiger partial charge in [-0.15, -0.1) is 0 Å². The normalized spacial score (nSPS) is 11.5. The van der Waals surface area contributed by atoms with Crippen molar-refractivity contribution in [2.24, 2.45) is 0 Å². The number of hydrogen-bond acceptors (Lipinski definition) is 5. The third-order valence-electron chi connectivity index (χ3n) is 4.51. The summed E-state index contributed by atoms with van der Waals surface area (Å²) in [6, 6.07) is 13.8. The summed E-state index contributed by atoms with van der Waals surface area (Å²) in [7, 11) is 3.12. The molecule has 0 aliphatic heterocycles. The maximum absolute atomic E-state index is 13.1. The van der Waals surface area contributed by atoms with E-state index in [0.717, 1.165) is 5.56 Å². The molecule has 30 heavy (non-hydrogen) atoms. The van der Waals surface area contributed by atoms with Gasteiger partial charge < -0.3 is 24.4 Å². The van der Waals surface area contributed by atoms with Crippen LogP contribution in [0.25, 0.3) is 0 Å². The van der Waals surface area contributed by atoms with E-state index in [-0.39, 0.29) is 31.0 Å². The SMILES string of the molecule is COc1cccc(CN(C(=O)COc2ccccc2OC)C(C)C(=O)NC(C)C)c1. The summed E-state index contributed by atoms with van der Waals surface area (Å²) in [5.74, 6) is 1.15. The first-order valence-electron chi connectivity index (χ1n) is 9.84. The van der Waals surface area contributed by atoms with Crippen molar-refractivity contribution in [2.75, 3.05) is 20.8 Å². The van der Waals surface area contributed by atoms with Crippen LogP contribution >= 0.6 is 0 Å². The smallest absolute Gasteiger partial charge is 0.261 e. The highest BCUT2D eigenvalue weighted by molar-refractivity contribution is 5.88. The van der Waals surface area contributed by atoms with Crippen LogP contribution in [0.2, 0.25) is 0 Å². The molecule has 0 saturated carbocycles. The van der Waals surface area contributed by atoms with E-state index in [9.17, 15) is 9.59 Å². The molecule has 162 valence electrons. The highest BCUT2D eigenvalue weighted by Gasteiger charge is 2.27. The Kier molecular flexibility index (Phi) is 8.53. The lowest BCUT2D eigenvalue weighted by atomic mass is 10.1. The summed E-state index contributed by atoms with van der Waals surface area (Å²) in [5, 5.41) is 2.86. The zero-order valence-corrected chi connectivity index (χ0v) is 18.2. The van der Waals surface area contributed by atoms with Gasteiger partial charge >= 0.3 is 0 Å². The average Bonchev–Trinajstić information content (AvgIpc) is 2.75. The van der Waals surface area contributed by atoms with Crippen LogP contribution in [0.5, 0.6) is 17.2 Å². The topological polar surface area (TPSA) is 77.1 Å². The van der Waals surface area contributed by atoms with Gasteiger partial charge in [0.2, 0.25) is 5.91 Å². The number of benzene rings is 2. The Labute approximate surface area is 177 Å². The maximum Gasteiger partial charge on any atom is 0.261 e. The van der Waals surface area contributed by atoms with E-state index in [2.05, 4.69) is 5.32 Å². The number of nitrogens with one attached hydrogen (secondary N) is 1. The van der Waals surface area contributed by atoms with Gasteiger partial charge in [0.05, 0.1) is 14.2 Å². The molecule has 0 aliphatic rings. The number of amides is 2. The Hall–Kier alpha value is -3.22. The Bertz CT molecular complexity index is 853. The van der Waals surface area contributed by atoms with Crippen LogP contribution in [-0.2, 0) is 16.1 Å². The second-order valence-electron chi connectivity index (χ2n) is 7.15. The van der Waals surface area contributed by atoms with Crippen LogP contribution in [0.1, 0.15) is 26.3 Å². The molecule has 0 radical (unpaired) electrons. The van der Waals surface area contributed by atoms with Crippen molar-refractivity contribution in [3.63, 3.8) is 0 Å². The van der Waals surface area contributed by atoms with Crippen LogP contribution in [0.15, 0.2) is 48.5 Å². The predicted octanol–water partition coefficient (Wildman–Crippen LogP) is 3.02. The van der Waals surface area contributed by atoms with E-state index >= 15 is 0 Å². The van der Waals surface area contributed by atoms with E-state index in [1.165, 1.54) is 12.0 Å². The molecule has 0 spiro atoms.